The van der Waals surface area contributed by atoms with Gasteiger partial charge in [0.25, 0.3) is 0 Å². The topological polar surface area (TPSA) is 61.9 Å². The zero-order chi connectivity index (χ0) is 25.5. The number of nitrogens with two attached hydrogens (primary N) is 1. The number of hydrogen-bond donors (Lipinski definition) is 1. The molecule has 0 spiro atoms. The molecule has 1 heterocycles. The number of carbonyl (C=O) groups excluding carboxylic acids is 1. The highest BCUT2D eigenvalue weighted by atomic mass is 16.2. The van der Waals surface area contributed by atoms with E-state index in [1.54, 1.807) is 0 Å². The van der Waals surface area contributed by atoms with E-state index in [1.165, 1.54) is 64.2 Å². The molecule has 2 aromatic carbocycles. The smallest absolute Gasteiger partial charge is 0.349 e. The Kier molecular flexibility index (Phi) is 8.80. The fourth-order valence-electron chi connectivity index (χ4n) is 6.48. The zero-order valence-corrected chi connectivity index (χ0v) is 22.4. The standard InChI is InChI=1S/C32H44N4O/c33-26-21-23-27(24-22-26)35-30-20-14-13-19-29(30)31(25-15-9-8-10-16-25)34-36(32(35)37)28-17-11-6-4-2-1-3-5-7-12-18-28/h13-14,19-25,28H,1-12,15-18,33H2. The highest BCUT2D eigenvalue weighted by Crippen LogP contribution is 2.38. The van der Waals surface area contributed by atoms with Crippen molar-refractivity contribution in [3.8, 4) is 0 Å². The Morgan fingerprint density at radius 2 is 1.22 bits per heavy atom. The van der Waals surface area contributed by atoms with Crippen molar-refractivity contribution in [3.63, 3.8) is 0 Å². The van der Waals surface area contributed by atoms with Gasteiger partial charge in [-0.25, -0.2) is 9.80 Å². The summed E-state index contributed by atoms with van der Waals surface area (Å²) < 4.78 is 0. The molecule has 2 amide bonds. The SMILES string of the molecule is Nc1ccc(N2C(=O)N(C3CCCCCCCCCCC3)N=C(C3CCCCC3)c3ccccc32)cc1. The number of benzene rings is 2. The molecule has 5 nitrogen and oxygen atoms in total. The molecular formula is C32H44N4O. The van der Waals surface area contributed by atoms with Crippen molar-refractivity contribution in [2.24, 2.45) is 11.0 Å². The van der Waals surface area contributed by atoms with E-state index in [0.717, 1.165) is 61.2 Å². The lowest BCUT2D eigenvalue weighted by molar-refractivity contribution is 0.174. The van der Waals surface area contributed by atoms with E-state index in [0.29, 0.717) is 11.6 Å². The molecule has 3 aliphatic rings. The normalized spacial score (nSPS) is 21.4. The van der Waals surface area contributed by atoms with Gasteiger partial charge in [-0.3, -0.25) is 4.90 Å². The van der Waals surface area contributed by atoms with Gasteiger partial charge >= 0.3 is 6.03 Å². The van der Waals surface area contributed by atoms with Crippen LogP contribution in [0.1, 0.15) is 108 Å². The quantitative estimate of drug-likeness (QED) is 0.428. The van der Waals surface area contributed by atoms with Gasteiger partial charge in [-0.05, 0) is 56.0 Å². The third-order valence-corrected chi connectivity index (χ3v) is 8.59. The maximum absolute atomic E-state index is 14.5. The molecule has 2 fully saturated rings. The summed E-state index contributed by atoms with van der Waals surface area (Å²) in [4.78, 5) is 16.4. The Balaban J connectivity index is 1.56. The summed E-state index contributed by atoms with van der Waals surface area (Å²) >= 11 is 0. The molecule has 1 aliphatic heterocycles. The summed E-state index contributed by atoms with van der Waals surface area (Å²) in [6.07, 6.45) is 19.6. The Labute approximate surface area is 223 Å². The number of carbonyl (C=O) groups is 1. The number of para-hydroxylation sites is 1. The van der Waals surface area contributed by atoms with E-state index in [4.69, 9.17) is 10.8 Å². The summed E-state index contributed by atoms with van der Waals surface area (Å²) in [6, 6.07) is 16.2. The first-order valence-electron chi connectivity index (χ1n) is 14.9. The molecular weight excluding hydrogens is 456 g/mol. The van der Waals surface area contributed by atoms with Crippen LogP contribution in [0.4, 0.5) is 21.9 Å². The number of anilines is 3. The van der Waals surface area contributed by atoms with Crippen LogP contribution in [0.25, 0.3) is 0 Å². The number of nitrogens with zero attached hydrogens (tertiary/aromatic N) is 3. The van der Waals surface area contributed by atoms with Crippen LogP contribution in [0.15, 0.2) is 53.6 Å². The minimum absolute atomic E-state index is 0.0277. The lowest BCUT2D eigenvalue weighted by atomic mass is 9.83. The lowest BCUT2D eigenvalue weighted by Crippen LogP contribution is -2.43. The Morgan fingerprint density at radius 3 is 1.86 bits per heavy atom. The molecule has 2 aliphatic carbocycles. The predicted molar refractivity (Wildman–Crippen MR) is 154 cm³/mol. The number of rotatable bonds is 3. The van der Waals surface area contributed by atoms with Gasteiger partial charge in [0.2, 0.25) is 0 Å². The summed E-state index contributed by atoms with van der Waals surface area (Å²) in [5.74, 6) is 0.405. The molecule has 5 heteroatoms. The number of fused-ring (bicyclic) bond motifs is 1. The number of urea groups is 1. The van der Waals surface area contributed by atoms with Gasteiger partial charge in [0.1, 0.15) is 0 Å². The van der Waals surface area contributed by atoms with Gasteiger partial charge < -0.3 is 5.73 Å². The highest BCUT2D eigenvalue weighted by Gasteiger charge is 2.36. The van der Waals surface area contributed by atoms with Gasteiger partial charge in [-0.1, -0.05) is 95.2 Å². The average Bonchev–Trinajstić information content (AvgIpc) is 3.04. The van der Waals surface area contributed by atoms with Gasteiger partial charge in [-0.2, -0.15) is 5.10 Å². The van der Waals surface area contributed by atoms with E-state index in [1.807, 2.05) is 40.2 Å². The van der Waals surface area contributed by atoms with Crippen LogP contribution in [0.5, 0.6) is 0 Å². The summed E-state index contributed by atoms with van der Waals surface area (Å²) in [7, 11) is 0. The van der Waals surface area contributed by atoms with E-state index in [-0.39, 0.29) is 12.1 Å². The van der Waals surface area contributed by atoms with E-state index in [9.17, 15) is 4.79 Å². The minimum atomic E-state index is -0.0277. The Hall–Kier alpha value is -2.82. The van der Waals surface area contributed by atoms with Gasteiger partial charge in [0.05, 0.1) is 23.1 Å². The summed E-state index contributed by atoms with van der Waals surface area (Å²) in [5, 5.41) is 7.25. The fraction of sp³-hybridized carbons (Fsp3) is 0.562. The van der Waals surface area contributed by atoms with Crippen molar-refractivity contribution in [1.29, 1.82) is 0 Å². The Morgan fingerprint density at radius 1 is 0.676 bits per heavy atom. The molecule has 0 unspecified atom stereocenters. The van der Waals surface area contributed by atoms with Crippen LogP contribution in [-0.2, 0) is 0 Å². The van der Waals surface area contributed by atoms with E-state index in [2.05, 4.69) is 18.2 Å². The first kappa shape index (κ1) is 25.8. The van der Waals surface area contributed by atoms with Gasteiger partial charge in [-0.15, -0.1) is 0 Å². The molecule has 2 saturated carbocycles. The number of hydrazone groups is 1. The highest BCUT2D eigenvalue weighted by molar-refractivity contribution is 6.13. The molecule has 37 heavy (non-hydrogen) atoms. The van der Waals surface area contributed by atoms with Crippen LogP contribution in [-0.4, -0.2) is 22.8 Å². The van der Waals surface area contributed by atoms with Crippen molar-refractivity contribution in [1.82, 2.24) is 5.01 Å². The molecule has 0 bridgehead atoms. The first-order chi connectivity index (χ1) is 18.2. The second kappa shape index (κ2) is 12.6. The van der Waals surface area contributed by atoms with Gasteiger partial charge in [0, 0.05) is 17.2 Å². The molecule has 0 atom stereocenters. The molecule has 0 aromatic heterocycles. The van der Waals surface area contributed by atoms with Crippen molar-refractivity contribution < 1.29 is 4.79 Å². The van der Waals surface area contributed by atoms with Crippen molar-refractivity contribution in [2.75, 3.05) is 10.6 Å². The molecule has 0 radical (unpaired) electrons. The van der Waals surface area contributed by atoms with Crippen molar-refractivity contribution in [2.45, 2.75) is 109 Å². The van der Waals surface area contributed by atoms with Crippen molar-refractivity contribution in [3.05, 3.63) is 54.1 Å². The number of nitrogen functional groups attached to an aromatic ring is 1. The first-order valence-corrected chi connectivity index (χ1v) is 14.9. The van der Waals surface area contributed by atoms with Crippen molar-refractivity contribution >= 4 is 28.8 Å². The second-order valence-corrected chi connectivity index (χ2v) is 11.3. The van der Waals surface area contributed by atoms with Crippen LogP contribution in [0.3, 0.4) is 0 Å². The van der Waals surface area contributed by atoms with Gasteiger partial charge in [0.15, 0.2) is 0 Å². The minimum Gasteiger partial charge on any atom is -0.399 e. The maximum atomic E-state index is 14.5. The third kappa shape index (κ3) is 6.19. The summed E-state index contributed by atoms with van der Waals surface area (Å²) in [6.45, 7) is 0. The average molecular weight is 501 g/mol. The third-order valence-electron chi connectivity index (χ3n) is 8.59. The lowest BCUT2D eigenvalue weighted by Gasteiger charge is -2.32. The Bertz CT molecular complexity index is 1040. The summed E-state index contributed by atoms with van der Waals surface area (Å²) in [5.41, 5.74) is 10.7. The number of hydrogen-bond acceptors (Lipinski definition) is 3. The molecule has 0 saturated heterocycles. The van der Waals surface area contributed by atoms with E-state index < -0.39 is 0 Å². The van der Waals surface area contributed by atoms with Crippen LogP contribution in [0.2, 0.25) is 0 Å². The monoisotopic (exact) mass is 500 g/mol. The zero-order valence-electron chi connectivity index (χ0n) is 22.4. The molecule has 198 valence electrons. The fourth-order valence-corrected chi connectivity index (χ4v) is 6.48. The molecule has 2 aromatic rings. The predicted octanol–water partition coefficient (Wildman–Crippen LogP) is 8.80. The maximum Gasteiger partial charge on any atom is 0.349 e. The molecule has 5 rings (SSSR count). The second-order valence-electron chi connectivity index (χ2n) is 11.3. The van der Waals surface area contributed by atoms with Crippen LogP contribution >= 0.6 is 0 Å². The molecule has 2 N–H and O–H groups in total. The largest absolute Gasteiger partial charge is 0.399 e. The van der Waals surface area contributed by atoms with Crippen LogP contribution in [0, 0.1) is 5.92 Å². The van der Waals surface area contributed by atoms with Crippen LogP contribution < -0.4 is 10.6 Å². The van der Waals surface area contributed by atoms with E-state index >= 15 is 0 Å². The number of amides is 2.